The molecule has 2 aromatic rings. The Labute approximate surface area is 154 Å². The lowest BCUT2D eigenvalue weighted by Gasteiger charge is -2.28. The zero-order valence-corrected chi connectivity index (χ0v) is 15.8. The Kier molecular flexibility index (Phi) is 5.48. The van der Waals surface area contributed by atoms with Gasteiger partial charge in [-0.2, -0.15) is 26.3 Å². The zero-order chi connectivity index (χ0) is 20.6. The standard InChI is InChI=1S/C20H18F6Si/c1-5-13-11-15(19(21,22)23)7-9-17(13)27(3,4)18-10-8-16(20(24,25)26)12-14(18)6-2/h5-12H,1-2H2,3-4H3. The van der Waals surface area contributed by atoms with E-state index >= 15 is 0 Å². The van der Waals surface area contributed by atoms with Gasteiger partial charge in [0.2, 0.25) is 0 Å². The van der Waals surface area contributed by atoms with Crippen LogP contribution in [-0.2, 0) is 12.4 Å². The Bertz CT molecular complexity index is 804. The van der Waals surface area contributed by atoms with E-state index in [-0.39, 0.29) is 0 Å². The van der Waals surface area contributed by atoms with Crippen molar-refractivity contribution in [1.82, 2.24) is 0 Å². The first-order valence-corrected chi connectivity index (χ1v) is 11.0. The molecule has 2 rings (SSSR count). The molecule has 7 heteroatoms. The lowest BCUT2D eigenvalue weighted by Crippen LogP contribution is -2.55. The van der Waals surface area contributed by atoms with Crippen LogP contribution in [0.4, 0.5) is 26.3 Å². The summed E-state index contributed by atoms with van der Waals surface area (Å²) < 4.78 is 77.9. The number of hydrogen-bond donors (Lipinski definition) is 0. The van der Waals surface area contributed by atoms with E-state index in [0.717, 1.165) is 24.3 Å². The van der Waals surface area contributed by atoms with Crippen molar-refractivity contribution < 1.29 is 26.3 Å². The Balaban J connectivity index is 2.65. The second kappa shape index (κ2) is 7.03. The third-order valence-electron chi connectivity index (χ3n) is 4.54. The maximum atomic E-state index is 13.0. The van der Waals surface area contributed by atoms with Crippen molar-refractivity contribution in [2.75, 3.05) is 0 Å². The molecule has 144 valence electrons. The van der Waals surface area contributed by atoms with Crippen LogP contribution in [0.25, 0.3) is 12.2 Å². The van der Waals surface area contributed by atoms with Crippen LogP contribution in [0.1, 0.15) is 22.3 Å². The number of halogens is 6. The third-order valence-corrected chi connectivity index (χ3v) is 8.15. The highest BCUT2D eigenvalue weighted by atomic mass is 28.3. The number of rotatable bonds is 4. The Morgan fingerprint density at radius 1 is 0.704 bits per heavy atom. The highest BCUT2D eigenvalue weighted by molar-refractivity contribution is 7.01. The van der Waals surface area contributed by atoms with Crippen molar-refractivity contribution in [3.63, 3.8) is 0 Å². The lowest BCUT2D eigenvalue weighted by molar-refractivity contribution is -0.138. The van der Waals surface area contributed by atoms with Gasteiger partial charge >= 0.3 is 12.4 Å². The van der Waals surface area contributed by atoms with E-state index in [4.69, 9.17) is 0 Å². The first kappa shape index (κ1) is 21.0. The third kappa shape index (κ3) is 4.18. The van der Waals surface area contributed by atoms with Crippen molar-refractivity contribution in [3.8, 4) is 0 Å². The van der Waals surface area contributed by atoms with Gasteiger partial charge in [0.15, 0.2) is 0 Å². The Hall–Kier alpha value is -2.28. The van der Waals surface area contributed by atoms with Crippen molar-refractivity contribution in [3.05, 3.63) is 71.8 Å². The molecule has 0 saturated carbocycles. The lowest BCUT2D eigenvalue weighted by atomic mass is 10.1. The van der Waals surface area contributed by atoms with Crippen LogP contribution in [0.3, 0.4) is 0 Å². The van der Waals surface area contributed by atoms with Crippen molar-refractivity contribution >= 4 is 30.6 Å². The summed E-state index contributed by atoms with van der Waals surface area (Å²) in [5.41, 5.74) is -0.919. The number of hydrogen-bond acceptors (Lipinski definition) is 0. The SMILES string of the molecule is C=Cc1cc(C(F)(F)F)ccc1[Si](C)(C)c1ccc(C(F)(F)F)cc1C=C. The molecule has 0 saturated heterocycles. The summed E-state index contributed by atoms with van der Waals surface area (Å²) in [4.78, 5) is 0. The van der Waals surface area contributed by atoms with Gasteiger partial charge in [0, 0.05) is 0 Å². The Morgan fingerprint density at radius 2 is 1.04 bits per heavy atom. The van der Waals surface area contributed by atoms with Crippen LogP contribution in [0, 0.1) is 0 Å². The van der Waals surface area contributed by atoms with E-state index in [1.165, 1.54) is 24.3 Å². The fourth-order valence-electron chi connectivity index (χ4n) is 3.10. The largest absolute Gasteiger partial charge is 0.416 e. The molecule has 0 aliphatic rings. The van der Waals surface area contributed by atoms with Crippen molar-refractivity contribution in [1.29, 1.82) is 0 Å². The molecular formula is C20H18F6Si. The molecule has 0 aliphatic heterocycles. The second-order valence-corrected chi connectivity index (χ2v) is 11.0. The summed E-state index contributed by atoms with van der Waals surface area (Å²) in [7, 11) is -2.63. The monoisotopic (exact) mass is 400 g/mol. The summed E-state index contributed by atoms with van der Waals surface area (Å²) in [5, 5.41) is 1.32. The molecule has 0 nitrogen and oxygen atoms in total. The maximum absolute atomic E-state index is 13.0. The molecule has 0 atom stereocenters. The molecule has 0 amide bonds. The van der Waals surface area contributed by atoms with Gasteiger partial charge in [0.25, 0.3) is 0 Å². The van der Waals surface area contributed by atoms with Crippen molar-refractivity contribution in [2.24, 2.45) is 0 Å². The molecule has 2 aromatic carbocycles. The fraction of sp³-hybridized carbons (Fsp3) is 0.200. The van der Waals surface area contributed by atoms with Gasteiger partial charge in [-0.15, -0.1) is 0 Å². The summed E-state index contributed by atoms with van der Waals surface area (Å²) in [6.45, 7) is 10.9. The highest BCUT2D eigenvalue weighted by Crippen LogP contribution is 2.31. The van der Waals surface area contributed by atoms with E-state index in [0.29, 0.717) is 21.5 Å². The number of alkyl halides is 6. The molecule has 0 spiro atoms. The molecule has 0 aliphatic carbocycles. The minimum Gasteiger partial charge on any atom is -0.166 e. The molecule has 0 N–H and O–H groups in total. The van der Waals surface area contributed by atoms with Gasteiger partial charge in [-0.25, -0.2) is 0 Å². The highest BCUT2D eigenvalue weighted by Gasteiger charge is 2.36. The average molecular weight is 400 g/mol. The minimum absolute atomic E-state index is 0.330. The van der Waals surface area contributed by atoms with Gasteiger partial charge in [-0.05, 0) is 33.6 Å². The number of benzene rings is 2. The van der Waals surface area contributed by atoms with Crippen LogP contribution >= 0.6 is 0 Å². The van der Waals surface area contributed by atoms with E-state index in [9.17, 15) is 26.3 Å². The van der Waals surface area contributed by atoms with Crippen LogP contribution in [0.15, 0.2) is 49.6 Å². The molecule has 27 heavy (non-hydrogen) atoms. The summed E-state index contributed by atoms with van der Waals surface area (Å²) in [5.74, 6) is 0. The van der Waals surface area contributed by atoms with E-state index < -0.39 is 31.6 Å². The van der Waals surface area contributed by atoms with Crippen LogP contribution < -0.4 is 10.4 Å². The summed E-state index contributed by atoms with van der Waals surface area (Å²) in [6.07, 6.45) is -6.28. The first-order valence-electron chi connectivity index (χ1n) is 8.00. The van der Waals surface area contributed by atoms with E-state index in [2.05, 4.69) is 13.2 Å². The van der Waals surface area contributed by atoms with Crippen LogP contribution in [0.5, 0.6) is 0 Å². The summed E-state index contributed by atoms with van der Waals surface area (Å²) in [6, 6.07) is 6.83. The molecule has 0 aromatic heterocycles. The molecule has 0 unspecified atom stereocenters. The van der Waals surface area contributed by atoms with Crippen molar-refractivity contribution in [2.45, 2.75) is 25.4 Å². The topological polar surface area (TPSA) is 0 Å². The maximum Gasteiger partial charge on any atom is 0.416 e. The van der Waals surface area contributed by atoms with Gasteiger partial charge in [0.05, 0.1) is 11.1 Å². The molecule has 0 fully saturated rings. The van der Waals surface area contributed by atoms with Crippen LogP contribution in [-0.4, -0.2) is 8.07 Å². The second-order valence-electron chi connectivity index (χ2n) is 6.63. The minimum atomic E-state index is -4.48. The van der Waals surface area contributed by atoms with Gasteiger partial charge in [0.1, 0.15) is 8.07 Å². The predicted molar refractivity (Wildman–Crippen MR) is 99.8 cm³/mol. The van der Waals surface area contributed by atoms with Gasteiger partial charge in [-0.1, -0.05) is 62.7 Å². The quantitative estimate of drug-likeness (QED) is 0.447. The predicted octanol–water partition coefficient (Wildman–Crippen LogP) is 5.83. The van der Waals surface area contributed by atoms with Gasteiger partial charge in [-0.3, -0.25) is 0 Å². The average Bonchev–Trinajstić information content (AvgIpc) is 2.58. The first-order chi connectivity index (χ1) is 12.3. The van der Waals surface area contributed by atoms with Gasteiger partial charge < -0.3 is 0 Å². The normalized spacial score (nSPS) is 12.7. The van der Waals surface area contributed by atoms with Crippen LogP contribution in [0.2, 0.25) is 13.1 Å². The zero-order valence-electron chi connectivity index (χ0n) is 14.8. The smallest absolute Gasteiger partial charge is 0.166 e. The molecule has 0 heterocycles. The Morgan fingerprint density at radius 3 is 1.30 bits per heavy atom. The molecule has 0 bridgehead atoms. The summed E-state index contributed by atoms with van der Waals surface area (Å²) >= 11 is 0. The molecule has 0 radical (unpaired) electrons. The fourth-order valence-corrected chi connectivity index (χ4v) is 6.18. The molecular weight excluding hydrogens is 382 g/mol. The van der Waals surface area contributed by atoms with E-state index in [1.807, 2.05) is 13.1 Å². The van der Waals surface area contributed by atoms with E-state index in [1.54, 1.807) is 0 Å².